The molecule has 0 amide bonds. The highest BCUT2D eigenvalue weighted by Crippen LogP contribution is 2.24. The maximum Gasteiger partial charge on any atom is 0.240 e. The second-order valence-corrected chi connectivity index (χ2v) is 9.28. The Balaban J connectivity index is 1.77. The van der Waals surface area contributed by atoms with Gasteiger partial charge in [-0.05, 0) is 70.3 Å². The minimum atomic E-state index is -3.41. The van der Waals surface area contributed by atoms with Crippen molar-refractivity contribution in [3.8, 4) is 0 Å². The van der Waals surface area contributed by atoms with Gasteiger partial charge >= 0.3 is 0 Å². The van der Waals surface area contributed by atoms with Gasteiger partial charge in [-0.25, -0.2) is 13.1 Å². The van der Waals surface area contributed by atoms with Crippen LogP contribution in [0.5, 0.6) is 0 Å². The zero-order chi connectivity index (χ0) is 18.8. The fourth-order valence-corrected chi connectivity index (χ4v) is 4.73. The van der Waals surface area contributed by atoms with E-state index < -0.39 is 10.0 Å². The standard InChI is InChI=1S/C20H35N3O2S/c1-18-9-11-20(12-10-18)26(24,25)22-14-6-16-23(15-5-13-21)17-19-7-3-2-4-8-19/h9-12,19,22H,2-8,13-17,21H2,1H3. The number of nitrogens with zero attached hydrogens (tertiary/aromatic N) is 1. The minimum Gasteiger partial charge on any atom is -0.330 e. The summed E-state index contributed by atoms with van der Waals surface area (Å²) >= 11 is 0. The Bertz CT molecular complexity index is 610. The summed E-state index contributed by atoms with van der Waals surface area (Å²) in [6.07, 6.45) is 8.57. The molecule has 0 spiro atoms. The molecule has 1 aromatic carbocycles. The lowest BCUT2D eigenvalue weighted by atomic mass is 9.89. The number of nitrogens with two attached hydrogens (primary N) is 1. The van der Waals surface area contributed by atoms with E-state index in [4.69, 9.17) is 5.73 Å². The monoisotopic (exact) mass is 381 g/mol. The first-order valence-electron chi connectivity index (χ1n) is 10.00. The van der Waals surface area contributed by atoms with Crippen LogP contribution in [0.15, 0.2) is 29.2 Å². The molecule has 0 saturated heterocycles. The van der Waals surface area contributed by atoms with Gasteiger partial charge in [-0.2, -0.15) is 0 Å². The van der Waals surface area contributed by atoms with E-state index in [9.17, 15) is 8.42 Å². The molecule has 0 unspecified atom stereocenters. The average molecular weight is 382 g/mol. The Morgan fingerprint density at radius 1 is 1.08 bits per heavy atom. The zero-order valence-electron chi connectivity index (χ0n) is 16.1. The number of rotatable bonds is 11. The van der Waals surface area contributed by atoms with Crippen LogP contribution in [-0.2, 0) is 10.0 Å². The van der Waals surface area contributed by atoms with Crippen molar-refractivity contribution in [3.63, 3.8) is 0 Å². The van der Waals surface area contributed by atoms with E-state index in [1.807, 2.05) is 19.1 Å². The van der Waals surface area contributed by atoms with Gasteiger partial charge in [0.1, 0.15) is 0 Å². The van der Waals surface area contributed by atoms with Crippen molar-refractivity contribution in [1.29, 1.82) is 0 Å². The van der Waals surface area contributed by atoms with Crippen LogP contribution in [0.2, 0.25) is 0 Å². The molecule has 5 nitrogen and oxygen atoms in total. The Morgan fingerprint density at radius 2 is 1.73 bits per heavy atom. The van der Waals surface area contributed by atoms with Gasteiger partial charge in [0.05, 0.1) is 4.90 Å². The third-order valence-corrected chi connectivity index (χ3v) is 6.67. The molecule has 148 valence electrons. The van der Waals surface area contributed by atoms with Gasteiger partial charge in [0.15, 0.2) is 0 Å². The smallest absolute Gasteiger partial charge is 0.240 e. The van der Waals surface area contributed by atoms with E-state index in [-0.39, 0.29) is 0 Å². The molecule has 0 aromatic heterocycles. The summed E-state index contributed by atoms with van der Waals surface area (Å²) < 4.78 is 27.4. The highest BCUT2D eigenvalue weighted by atomic mass is 32.2. The van der Waals surface area contributed by atoms with Crippen LogP contribution < -0.4 is 10.5 Å². The van der Waals surface area contributed by atoms with Crippen LogP contribution in [0.4, 0.5) is 0 Å². The highest BCUT2D eigenvalue weighted by molar-refractivity contribution is 7.89. The summed E-state index contributed by atoms with van der Waals surface area (Å²) in [5.41, 5.74) is 6.74. The normalized spacial score (nSPS) is 16.3. The molecular weight excluding hydrogens is 346 g/mol. The van der Waals surface area contributed by atoms with Crippen molar-refractivity contribution in [1.82, 2.24) is 9.62 Å². The number of hydrogen-bond donors (Lipinski definition) is 2. The maximum atomic E-state index is 12.3. The minimum absolute atomic E-state index is 0.338. The Labute approximate surface area is 159 Å². The molecule has 0 atom stereocenters. The summed E-state index contributed by atoms with van der Waals surface area (Å²) in [4.78, 5) is 2.81. The highest BCUT2D eigenvalue weighted by Gasteiger charge is 2.17. The molecule has 26 heavy (non-hydrogen) atoms. The quantitative estimate of drug-likeness (QED) is 0.578. The van der Waals surface area contributed by atoms with Gasteiger partial charge in [0.25, 0.3) is 0 Å². The van der Waals surface area contributed by atoms with E-state index in [1.54, 1.807) is 12.1 Å². The van der Waals surface area contributed by atoms with Crippen molar-refractivity contribution in [2.24, 2.45) is 11.7 Å². The van der Waals surface area contributed by atoms with Gasteiger partial charge in [0, 0.05) is 13.1 Å². The van der Waals surface area contributed by atoms with Crippen LogP contribution in [0.1, 0.15) is 50.5 Å². The topological polar surface area (TPSA) is 75.4 Å². The van der Waals surface area contributed by atoms with Crippen molar-refractivity contribution in [2.45, 2.75) is 56.8 Å². The van der Waals surface area contributed by atoms with E-state index >= 15 is 0 Å². The summed E-state index contributed by atoms with van der Waals surface area (Å²) in [6, 6.07) is 6.98. The molecule has 1 fully saturated rings. The SMILES string of the molecule is Cc1ccc(S(=O)(=O)NCCCN(CCCN)CC2CCCCC2)cc1. The molecule has 0 heterocycles. The Morgan fingerprint density at radius 3 is 2.38 bits per heavy atom. The Kier molecular flexibility index (Phi) is 9.05. The number of nitrogens with one attached hydrogen (secondary N) is 1. The van der Waals surface area contributed by atoms with E-state index in [0.29, 0.717) is 18.0 Å². The van der Waals surface area contributed by atoms with Crippen molar-refractivity contribution in [2.75, 3.05) is 32.7 Å². The summed E-state index contributed by atoms with van der Waals surface area (Å²) in [6.45, 7) is 6.20. The molecule has 0 radical (unpaired) electrons. The van der Waals surface area contributed by atoms with Crippen molar-refractivity contribution >= 4 is 10.0 Å². The first-order chi connectivity index (χ1) is 12.5. The molecule has 2 rings (SSSR count). The number of sulfonamides is 1. The average Bonchev–Trinajstić information content (AvgIpc) is 2.64. The van der Waals surface area contributed by atoms with Crippen LogP contribution >= 0.6 is 0 Å². The fourth-order valence-electron chi connectivity index (χ4n) is 3.65. The first kappa shape index (κ1) is 21.4. The third kappa shape index (κ3) is 7.35. The van der Waals surface area contributed by atoms with Crippen molar-refractivity contribution < 1.29 is 8.42 Å². The van der Waals surface area contributed by atoms with Gasteiger partial charge in [-0.15, -0.1) is 0 Å². The summed E-state index contributed by atoms with van der Waals surface area (Å²) in [7, 11) is -3.41. The van der Waals surface area contributed by atoms with E-state index in [0.717, 1.165) is 44.0 Å². The zero-order valence-corrected chi connectivity index (χ0v) is 16.9. The predicted octanol–water partition coefficient (Wildman–Crippen LogP) is 2.89. The van der Waals surface area contributed by atoms with Gasteiger partial charge in [0.2, 0.25) is 10.0 Å². The van der Waals surface area contributed by atoms with Gasteiger partial charge < -0.3 is 10.6 Å². The first-order valence-corrected chi connectivity index (χ1v) is 11.5. The molecule has 1 aromatic rings. The number of hydrogen-bond acceptors (Lipinski definition) is 4. The molecule has 0 bridgehead atoms. The molecule has 3 N–H and O–H groups in total. The molecule has 1 aliphatic carbocycles. The molecule has 1 aliphatic rings. The second-order valence-electron chi connectivity index (χ2n) is 7.51. The molecular formula is C20H35N3O2S. The van der Waals surface area contributed by atoms with Crippen LogP contribution in [0, 0.1) is 12.8 Å². The number of benzene rings is 1. The van der Waals surface area contributed by atoms with Crippen LogP contribution in [-0.4, -0.2) is 46.0 Å². The van der Waals surface area contributed by atoms with Crippen LogP contribution in [0.25, 0.3) is 0 Å². The van der Waals surface area contributed by atoms with E-state index in [1.165, 1.54) is 32.1 Å². The summed E-state index contributed by atoms with van der Waals surface area (Å²) in [5.74, 6) is 0.797. The van der Waals surface area contributed by atoms with Crippen molar-refractivity contribution in [3.05, 3.63) is 29.8 Å². The lowest BCUT2D eigenvalue weighted by Gasteiger charge is -2.29. The lowest BCUT2D eigenvalue weighted by Crippen LogP contribution is -2.35. The summed E-state index contributed by atoms with van der Waals surface area (Å²) in [5, 5.41) is 0. The third-order valence-electron chi connectivity index (χ3n) is 5.19. The molecule has 6 heteroatoms. The van der Waals surface area contributed by atoms with Crippen LogP contribution in [0.3, 0.4) is 0 Å². The van der Waals surface area contributed by atoms with E-state index in [2.05, 4.69) is 9.62 Å². The van der Waals surface area contributed by atoms with Gasteiger partial charge in [-0.1, -0.05) is 37.0 Å². The molecule has 1 saturated carbocycles. The lowest BCUT2D eigenvalue weighted by molar-refractivity contribution is 0.198. The largest absolute Gasteiger partial charge is 0.330 e. The Hall–Kier alpha value is -0.950. The molecule has 0 aliphatic heterocycles. The second kappa shape index (κ2) is 11.0. The van der Waals surface area contributed by atoms with Gasteiger partial charge in [-0.3, -0.25) is 0 Å². The maximum absolute atomic E-state index is 12.3. The fraction of sp³-hybridized carbons (Fsp3) is 0.700. The number of aryl methyl sites for hydroxylation is 1. The predicted molar refractivity (Wildman–Crippen MR) is 108 cm³/mol.